The molecule has 11 heteroatoms. The number of hydrogen-bond donors (Lipinski definition) is 3. The van der Waals surface area contributed by atoms with Crippen molar-refractivity contribution < 1.29 is 32.7 Å². The minimum absolute atomic E-state index is 0.114. The van der Waals surface area contributed by atoms with Gasteiger partial charge in [0.25, 0.3) is 0 Å². The van der Waals surface area contributed by atoms with Crippen LogP contribution in [0.25, 0.3) is 0 Å². The third-order valence-corrected chi connectivity index (χ3v) is 14.0. The van der Waals surface area contributed by atoms with Gasteiger partial charge in [-0.15, -0.1) is 0 Å². The van der Waals surface area contributed by atoms with Gasteiger partial charge >= 0.3 is 12.1 Å². The standard InChI is InChI=1S/C43H60N4O2.C2HF3O2/c1-43(2,27-41(48)44-31-15-11-29(12-16-31)23-25-46-37-19-20-38(46)34-8-4-3-7-33(34)37)28-42(49)45-32-17-13-30(14-18-32)24-26-47-39-21-22-40(47)36-10-6-5-9-35(36)39;3-2(4,5)1(6)7/h3-10,29-32,37-40H,11-28H2,1-2H3,(H,44,48)(H,45,49);(H,6,7)/t29?,30?,31?,32?,37-,38+,39-,40?;/m1./s1. The highest BCUT2D eigenvalue weighted by atomic mass is 19.4. The summed E-state index contributed by atoms with van der Waals surface area (Å²) in [5, 5.41) is 13.8. The average Bonchev–Trinajstić information content (AvgIpc) is 3.92. The van der Waals surface area contributed by atoms with Crippen LogP contribution in [-0.2, 0) is 14.4 Å². The van der Waals surface area contributed by atoms with Crippen molar-refractivity contribution in [3.63, 3.8) is 0 Å². The van der Waals surface area contributed by atoms with E-state index in [-0.39, 0.29) is 29.3 Å². The molecule has 2 saturated carbocycles. The lowest BCUT2D eigenvalue weighted by Gasteiger charge is -2.33. The Hall–Kier alpha value is -3.44. The minimum atomic E-state index is -5.08. The number of carboxylic acid groups (broad SMARTS) is 1. The van der Waals surface area contributed by atoms with Crippen LogP contribution in [0.3, 0.4) is 0 Å². The van der Waals surface area contributed by atoms with Crippen molar-refractivity contribution in [2.75, 3.05) is 13.1 Å². The number of nitrogens with one attached hydrogen (secondary N) is 2. The van der Waals surface area contributed by atoms with Gasteiger partial charge in [0.1, 0.15) is 0 Å². The summed E-state index contributed by atoms with van der Waals surface area (Å²) in [7, 11) is 0. The van der Waals surface area contributed by atoms with Gasteiger partial charge in [-0.05, 0) is 142 Å². The zero-order valence-electron chi connectivity index (χ0n) is 33.2. The van der Waals surface area contributed by atoms with Crippen molar-refractivity contribution in [1.82, 2.24) is 20.4 Å². The minimum Gasteiger partial charge on any atom is -0.475 e. The molecule has 2 aromatic carbocycles. The van der Waals surface area contributed by atoms with Gasteiger partial charge in [0, 0.05) is 49.1 Å². The van der Waals surface area contributed by atoms with Crippen LogP contribution in [0.15, 0.2) is 48.5 Å². The summed E-state index contributed by atoms with van der Waals surface area (Å²) in [6.45, 7) is 6.57. The van der Waals surface area contributed by atoms with E-state index in [1.54, 1.807) is 22.3 Å². The number of benzene rings is 2. The van der Waals surface area contributed by atoms with Crippen molar-refractivity contribution in [3.05, 3.63) is 70.8 Å². The second-order valence-corrected chi connectivity index (χ2v) is 18.4. The molecule has 4 heterocycles. The number of alkyl halides is 3. The normalized spacial score (nSPS) is 29.6. The molecule has 4 atom stereocenters. The van der Waals surface area contributed by atoms with Crippen LogP contribution in [0.4, 0.5) is 13.2 Å². The Labute approximate surface area is 330 Å². The van der Waals surface area contributed by atoms with E-state index in [1.807, 2.05) is 0 Å². The van der Waals surface area contributed by atoms with Crippen LogP contribution in [0.2, 0.25) is 0 Å². The number of carboxylic acids is 1. The molecular formula is C45H61F3N4O4. The fourth-order valence-electron chi connectivity index (χ4n) is 11.3. The maximum Gasteiger partial charge on any atom is 0.490 e. The summed E-state index contributed by atoms with van der Waals surface area (Å²) in [5.41, 5.74) is 5.97. The van der Waals surface area contributed by atoms with E-state index in [9.17, 15) is 22.8 Å². The molecule has 8 rings (SSSR count). The first-order chi connectivity index (χ1) is 26.8. The smallest absolute Gasteiger partial charge is 0.475 e. The van der Waals surface area contributed by atoms with Gasteiger partial charge in [0.2, 0.25) is 11.8 Å². The Morgan fingerprint density at radius 1 is 0.589 bits per heavy atom. The highest BCUT2D eigenvalue weighted by Crippen LogP contribution is 2.54. The second kappa shape index (κ2) is 17.2. The number of halogens is 3. The largest absolute Gasteiger partial charge is 0.490 e. The van der Waals surface area contributed by atoms with Crippen molar-refractivity contribution in [2.45, 2.75) is 159 Å². The van der Waals surface area contributed by atoms with Crippen LogP contribution >= 0.6 is 0 Å². The molecule has 306 valence electrons. The zero-order valence-corrected chi connectivity index (χ0v) is 33.2. The fourth-order valence-corrected chi connectivity index (χ4v) is 11.3. The Kier molecular flexibility index (Phi) is 12.5. The van der Waals surface area contributed by atoms with Crippen molar-refractivity contribution >= 4 is 17.8 Å². The summed E-state index contributed by atoms with van der Waals surface area (Å²) in [5.74, 6) is -0.994. The van der Waals surface area contributed by atoms with Crippen LogP contribution in [0.5, 0.6) is 0 Å². The first-order valence-corrected chi connectivity index (χ1v) is 21.3. The maximum absolute atomic E-state index is 13.1. The molecule has 1 unspecified atom stereocenters. The van der Waals surface area contributed by atoms with Gasteiger partial charge in [0.05, 0.1) is 0 Å². The molecule has 4 fully saturated rings. The number of aliphatic carboxylic acids is 1. The number of carbonyl (C=O) groups excluding carboxylic acids is 2. The quantitative estimate of drug-likeness (QED) is 0.199. The van der Waals surface area contributed by atoms with Gasteiger partial charge < -0.3 is 15.7 Å². The van der Waals surface area contributed by atoms with E-state index in [1.165, 1.54) is 77.3 Å². The van der Waals surface area contributed by atoms with Crippen LogP contribution in [0, 0.1) is 17.3 Å². The highest BCUT2D eigenvalue weighted by molar-refractivity contribution is 5.80. The van der Waals surface area contributed by atoms with E-state index >= 15 is 0 Å². The van der Waals surface area contributed by atoms with Crippen LogP contribution < -0.4 is 10.6 Å². The van der Waals surface area contributed by atoms with E-state index in [2.05, 4.69) is 82.8 Å². The van der Waals surface area contributed by atoms with Gasteiger partial charge in [-0.2, -0.15) is 13.2 Å². The number of hydrogen-bond acceptors (Lipinski definition) is 5. The fraction of sp³-hybridized carbons (Fsp3) is 0.667. The Bertz CT molecular complexity index is 1530. The number of carbonyl (C=O) groups is 3. The molecule has 56 heavy (non-hydrogen) atoms. The van der Waals surface area contributed by atoms with E-state index in [0.717, 1.165) is 37.5 Å². The van der Waals surface area contributed by atoms with Crippen molar-refractivity contribution in [1.29, 1.82) is 0 Å². The number of rotatable bonds is 12. The molecule has 4 aliphatic heterocycles. The van der Waals surface area contributed by atoms with Gasteiger partial charge in [0.15, 0.2) is 0 Å². The molecule has 3 N–H and O–H groups in total. The third kappa shape index (κ3) is 9.46. The van der Waals surface area contributed by atoms with E-state index in [4.69, 9.17) is 9.90 Å². The maximum atomic E-state index is 13.1. The molecule has 2 aliphatic carbocycles. The Morgan fingerprint density at radius 2 is 0.893 bits per heavy atom. The lowest BCUT2D eigenvalue weighted by molar-refractivity contribution is -0.192. The third-order valence-electron chi connectivity index (χ3n) is 14.0. The molecule has 0 spiro atoms. The molecule has 2 aromatic rings. The predicted molar refractivity (Wildman–Crippen MR) is 209 cm³/mol. The van der Waals surface area contributed by atoms with Crippen LogP contribution in [-0.4, -0.2) is 64.0 Å². The SMILES string of the molecule is CC(C)(CC(=O)NC1CCC(CCN2C3CC[C@@H]2c2ccccc23)CC1)CC(=O)NC1CCC(CCN2[C@@H]3CC[C@H]2c2ccccc23)CC1.O=C(O)C(F)(F)F. The topological polar surface area (TPSA) is 102 Å². The molecular weight excluding hydrogens is 718 g/mol. The number of nitrogens with zero attached hydrogens (tertiary/aromatic N) is 2. The first-order valence-electron chi connectivity index (χ1n) is 21.3. The van der Waals surface area contributed by atoms with Crippen molar-refractivity contribution in [3.8, 4) is 0 Å². The molecule has 0 radical (unpaired) electrons. The van der Waals surface area contributed by atoms with E-state index < -0.39 is 12.1 Å². The van der Waals surface area contributed by atoms with Crippen LogP contribution in [0.1, 0.15) is 163 Å². The van der Waals surface area contributed by atoms with Gasteiger partial charge in [-0.25, -0.2) is 4.79 Å². The first kappa shape index (κ1) is 40.7. The molecule has 6 aliphatic rings. The summed E-state index contributed by atoms with van der Waals surface area (Å²) < 4.78 is 31.7. The molecule has 8 nitrogen and oxygen atoms in total. The summed E-state index contributed by atoms with van der Waals surface area (Å²) >= 11 is 0. The molecule has 0 aromatic heterocycles. The summed E-state index contributed by atoms with van der Waals surface area (Å²) in [4.78, 5) is 40.7. The molecule has 2 amide bonds. The number of fused-ring (bicyclic) bond motifs is 10. The summed E-state index contributed by atoms with van der Waals surface area (Å²) in [6, 6.07) is 21.3. The number of amides is 2. The second-order valence-electron chi connectivity index (χ2n) is 18.4. The highest BCUT2D eigenvalue weighted by Gasteiger charge is 2.45. The summed E-state index contributed by atoms with van der Waals surface area (Å²) in [6.07, 6.45) is 12.7. The van der Waals surface area contributed by atoms with Gasteiger partial charge in [-0.1, -0.05) is 62.4 Å². The molecule has 4 bridgehead atoms. The predicted octanol–water partition coefficient (Wildman–Crippen LogP) is 9.34. The Balaban J connectivity index is 0.000000629. The van der Waals surface area contributed by atoms with E-state index in [0.29, 0.717) is 37.0 Å². The van der Waals surface area contributed by atoms with Gasteiger partial charge in [-0.3, -0.25) is 19.4 Å². The lowest BCUT2D eigenvalue weighted by Crippen LogP contribution is -2.42. The molecule has 2 saturated heterocycles. The monoisotopic (exact) mass is 778 g/mol. The Morgan fingerprint density at radius 3 is 1.18 bits per heavy atom. The van der Waals surface area contributed by atoms with Crippen molar-refractivity contribution in [2.24, 2.45) is 17.3 Å². The average molecular weight is 779 g/mol. The zero-order chi connectivity index (χ0) is 39.6. The lowest BCUT2D eigenvalue weighted by atomic mass is 9.82.